The molecule has 2 aromatic heterocycles. The van der Waals surface area contributed by atoms with E-state index >= 15 is 0 Å². The van der Waals surface area contributed by atoms with Gasteiger partial charge in [0.15, 0.2) is 0 Å². The predicted octanol–water partition coefficient (Wildman–Crippen LogP) is 4.15. The number of aryl methyl sites for hydroxylation is 2. The van der Waals surface area contributed by atoms with Gasteiger partial charge in [0.1, 0.15) is 5.82 Å². The molecule has 0 atom stereocenters. The van der Waals surface area contributed by atoms with E-state index in [2.05, 4.69) is 15.5 Å². The molecule has 8 nitrogen and oxygen atoms in total. The summed E-state index contributed by atoms with van der Waals surface area (Å²) in [6, 6.07) is 11.6. The van der Waals surface area contributed by atoms with Crippen molar-refractivity contribution in [2.75, 3.05) is 18.4 Å². The first-order valence-electron chi connectivity index (χ1n) is 11.6. The van der Waals surface area contributed by atoms with Crippen LogP contribution in [0.15, 0.2) is 42.6 Å². The van der Waals surface area contributed by atoms with E-state index in [4.69, 9.17) is 0 Å². The number of anilines is 1. The Labute approximate surface area is 194 Å². The number of benzene rings is 1. The van der Waals surface area contributed by atoms with E-state index in [1.54, 1.807) is 6.20 Å². The van der Waals surface area contributed by atoms with E-state index in [-0.39, 0.29) is 17.9 Å². The SMILES string of the molecule is Cc1cc(C)n(-c2cccc(C(=O)N3CCC(n4nccc4NC(=O)CC(C)C)CC3)c2)n1. The molecule has 1 fully saturated rings. The smallest absolute Gasteiger partial charge is 0.253 e. The minimum Gasteiger partial charge on any atom is -0.338 e. The van der Waals surface area contributed by atoms with Gasteiger partial charge in [-0.3, -0.25) is 9.59 Å². The minimum absolute atomic E-state index is 0.00172. The van der Waals surface area contributed by atoms with Crippen molar-refractivity contribution in [3.05, 3.63) is 59.5 Å². The second kappa shape index (κ2) is 9.60. The number of nitrogens with zero attached hydrogens (tertiary/aromatic N) is 5. The summed E-state index contributed by atoms with van der Waals surface area (Å²) in [6.07, 6.45) is 3.77. The third-order valence-corrected chi connectivity index (χ3v) is 5.98. The average Bonchev–Trinajstić information content (AvgIpc) is 3.38. The second-order valence-electron chi connectivity index (χ2n) is 9.22. The molecule has 4 rings (SSSR count). The second-order valence-corrected chi connectivity index (χ2v) is 9.22. The van der Waals surface area contributed by atoms with Gasteiger partial charge in [0, 0.05) is 36.8 Å². The third kappa shape index (κ3) is 5.16. The zero-order chi connectivity index (χ0) is 23.5. The zero-order valence-electron chi connectivity index (χ0n) is 19.8. The lowest BCUT2D eigenvalue weighted by molar-refractivity contribution is -0.116. The number of carbonyl (C=O) groups excluding carboxylic acids is 2. The molecule has 33 heavy (non-hydrogen) atoms. The summed E-state index contributed by atoms with van der Waals surface area (Å²) in [5.74, 6) is 1.06. The maximum Gasteiger partial charge on any atom is 0.253 e. The molecule has 0 radical (unpaired) electrons. The summed E-state index contributed by atoms with van der Waals surface area (Å²) >= 11 is 0. The molecule has 1 aliphatic rings. The lowest BCUT2D eigenvalue weighted by Crippen LogP contribution is -2.39. The number of amides is 2. The number of hydrogen-bond donors (Lipinski definition) is 1. The van der Waals surface area contributed by atoms with E-state index in [1.165, 1.54) is 0 Å². The maximum atomic E-state index is 13.2. The summed E-state index contributed by atoms with van der Waals surface area (Å²) in [4.78, 5) is 27.3. The molecule has 3 heterocycles. The number of aromatic nitrogens is 4. The van der Waals surface area contributed by atoms with Crippen molar-refractivity contribution in [3.8, 4) is 5.69 Å². The molecule has 1 saturated heterocycles. The molecule has 174 valence electrons. The lowest BCUT2D eigenvalue weighted by atomic mass is 10.0. The number of likely N-dealkylation sites (tertiary alicyclic amines) is 1. The van der Waals surface area contributed by atoms with Crippen LogP contribution in [-0.2, 0) is 4.79 Å². The normalized spacial score (nSPS) is 14.6. The summed E-state index contributed by atoms with van der Waals surface area (Å²) in [5, 5.41) is 12.0. The van der Waals surface area contributed by atoms with Gasteiger partial charge in [0.25, 0.3) is 5.91 Å². The van der Waals surface area contributed by atoms with Crippen molar-refractivity contribution in [1.29, 1.82) is 0 Å². The van der Waals surface area contributed by atoms with Crippen molar-refractivity contribution in [1.82, 2.24) is 24.5 Å². The third-order valence-electron chi connectivity index (χ3n) is 5.98. The Kier molecular flexibility index (Phi) is 6.62. The van der Waals surface area contributed by atoms with Crippen LogP contribution >= 0.6 is 0 Å². The van der Waals surface area contributed by atoms with Gasteiger partial charge in [-0.2, -0.15) is 10.2 Å². The Bertz CT molecular complexity index is 1140. The predicted molar refractivity (Wildman–Crippen MR) is 128 cm³/mol. The summed E-state index contributed by atoms with van der Waals surface area (Å²) in [5.41, 5.74) is 3.54. The van der Waals surface area contributed by atoms with Gasteiger partial charge in [-0.05, 0) is 56.9 Å². The van der Waals surface area contributed by atoms with Gasteiger partial charge in [0.05, 0.1) is 23.6 Å². The van der Waals surface area contributed by atoms with E-state index in [0.29, 0.717) is 31.0 Å². The molecule has 0 aliphatic carbocycles. The van der Waals surface area contributed by atoms with Crippen molar-refractivity contribution in [3.63, 3.8) is 0 Å². The van der Waals surface area contributed by atoms with Gasteiger partial charge < -0.3 is 10.2 Å². The molecule has 3 aromatic rings. The van der Waals surface area contributed by atoms with Crippen molar-refractivity contribution < 1.29 is 9.59 Å². The number of nitrogens with one attached hydrogen (secondary N) is 1. The zero-order valence-corrected chi connectivity index (χ0v) is 19.8. The summed E-state index contributed by atoms with van der Waals surface area (Å²) in [6.45, 7) is 9.31. The van der Waals surface area contributed by atoms with Crippen LogP contribution in [0.25, 0.3) is 5.69 Å². The Balaban J connectivity index is 1.41. The first kappa shape index (κ1) is 22.8. The van der Waals surface area contributed by atoms with Crippen LogP contribution in [0.1, 0.15) is 60.9 Å². The van der Waals surface area contributed by atoms with E-state index in [9.17, 15) is 9.59 Å². The van der Waals surface area contributed by atoms with Crippen LogP contribution in [0.5, 0.6) is 0 Å². The molecule has 0 bridgehead atoms. The van der Waals surface area contributed by atoms with Crippen LogP contribution in [-0.4, -0.2) is 49.4 Å². The van der Waals surface area contributed by atoms with Crippen LogP contribution in [0.3, 0.4) is 0 Å². The Morgan fingerprint density at radius 2 is 1.88 bits per heavy atom. The molecule has 0 unspecified atom stereocenters. The minimum atomic E-state index is 0.00172. The first-order chi connectivity index (χ1) is 15.8. The average molecular weight is 449 g/mol. The van der Waals surface area contributed by atoms with Crippen LogP contribution in [0.4, 0.5) is 5.82 Å². The Hall–Kier alpha value is -3.42. The van der Waals surface area contributed by atoms with Crippen LogP contribution in [0.2, 0.25) is 0 Å². The lowest BCUT2D eigenvalue weighted by Gasteiger charge is -2.33. The van der Waals surface area contributed by atoms with E-state index in [0.717, 1.165) is 35.7 Å². The fraction of sp³-hybridized carbons (Fsp3) is 0.440. The van der Waals surface area contributed by atoms with Gasteiger partial charge in [-0.1, -0.05) is 19.9 Å². The van der Waals surface area contributed by atoms with Gasteiger partial charge in [-0.25, -0.2) is 9.36 Å². The fourth-order valence-corrected chi connectivity index (χ4v) is 4.43. The van der Waals surface area contributed by atoms with Crippen LogP contribution < -0.4 is 5.32 Å². The molecule has 1 N–H and O–H groups in total. The van der Waals surface area contributed by atoms with Crippen molar-refractivity contribution >= 4 is 17.6 Å². The van der Waals surface area contributed by atoms with E-state index in [1.807, 2.05) is 78.4 Å². The first-order valence-corrected chi connectivity index (χ1v) is 11.6. The summed E-state index contributed by atoms with van der Waals surface area (Å²) < 4.78 is 3.76. The highest BCUT2D eigenvalue weighted by atomic mass is 16.2. The van der Waals surface area contributed by atoms with Crippen LogP contribution in [0, 0.1) is 19.8 Å². The molecule has 8 heteroatoms. The van der Waals surface area contributed by atoms with Gasteiger partial charge in [-0.15, -0.1) is 0 Å². The topological polar surface area (TPSA) is 85.0 Å². The van der Waals surface area contributed by atoms with Gasteiger partial charge >= 0.3 is 0 Å². The molecule has 1 aromatic carbocycles. The molecular weight excluding hydrogens is 416 g/mol. The Morgan fingerprint density at radius 3 is 2.55 bits per heavy atom. The van der Waals surface area contributed by atoms with Crippen molar-refractivity contribution in [2.45, 2.75) is 53.0 Å². The molecule has 0 spiro atoms. The molecule has 2 amide bonds. The quantitative estimate of drug-likeness (QED) is 0.614. The molecular formula is C25H32N6O2. The van der Waals surface area contributed by atoms with Gasteiger partial charge in [0.2, 0.25) is 5.91 Å². The number of hydrogen-bond acceptors (Lipinski definition) is 4. The highest BCUT2D eigenvalue weighted by molar-refractivity contribution is 5.95. The number of rotatable bonds is 6. The Morgan fingerprint density at radius 1 is 1.12 bits per heavy atom. The molecule has 0 saturated carbocycles. The highest BCUT2D eigenvalue weighted by Gasteiger charge is 2.26. The summed E-state index contributed by atoms with van der Waals surface area (Å²) in [7, 11) is 0. The monoisotopic (exact) mass is 448 g/mol. The van der Waals surface area contributed by atoms with Crippen molar-refractivity contribution in [2.24, 2.45) is 5.92 Å². The number of carbonyl (C=O) groups is 2. The largest absolute Gasteiger partial charge is 0.338 e. The standard InChI is InChI=1S/C25H32N6O2/c1-17(2)14-24(32)27-23-8-11-26-31(23)21-9-12-29(13-10-21)25(33)20-6-5-7-22(16-20)30-19(4)15-18(3)28-30/h5-8,11,15-17,21H,9-10,12-14H2,1-4H3,(H,27,32). The highest BCUT2D eigenvalue weighted by Crippen LogP contribution is 2.27. The van der Waals surface area contributed by atoms with E-state index < -0.39 is 0 Å². The number of piperidine rings is 1. The maximum absolute atomic E-state index is 13.2. The molecule has 1 aliphatic heterocycles. The fourth-order valence-electron chi connectivity index (χ4n) is 4.43.